The van der Waals surface area contributed by atoms with Crippen LogP contribution in [0.4, 0.5) is 0 Å². The summed E-state index contributed by atoms with van der Waals surface area (Å²) < 4.78 is 0. The summed E-state index contributed by atoms with van der Waals surface area (Å²) in [6.45, 7) is 8.26. The van der Waals surface area contributed by atoms with Gasteiger partial charge in [0.05, 0.1) is 0 Å². The lowest BCUT2D eigenvalue weighted by atomic mass is 9.88. The van der Waals surface area contributed by atoms with Gasteiger partial charge in [0.25, 0.3) is 0 Å². The minimum atomic E-state index is -0.215. The average molecular weight is 211 g/mol. The van der Waals surface area contributed by atoms with E-state index in [9.17, 15) is 4.79 Å². The standard InChI is InChI=1S/C13H25NO/c1-5-13(3,4)12(15)14-10(2)11-8-6-7-9-11/h10-11H,5-9H2,1-4H3,(H,14,15)/t10-/m0/s1. The molecule has 0 bridgehead atoms. The van der Waals surface area contributed by atoms with Gasteiger partial charge in [-0.3, -0.25) is 4.79 Å². The highest BCUT2D eigenvalue weighted by Crippen LogP contribution is 2.28. The van der Waals surface area contributed by atoms with Crippen LogP contribution in [0.3, 0.4) is 0 Å². The molecule has 0 saturated heterocycles. The molecule has 1 aliphatic carbocycles. The average Bonchev–Trinajstić information content (AvgIpc) is 2.70. The molecular weight excluding hydrogens is 186 g/mol. The highest BCUT2D eigenvalue weighted by Gasteiger charge is 2.29. The first kappa shape index (κ1) is 12.5. The molecule has 1 rings (SSSR count). The highest BCUT2D eigenvalue weighted by molar-refractivity contribution is 5.81. The van der Waals surface area contributed by atoms with Gasteiger partial charge in [-0.2, -0.15) is 0 Å². The minimum Gasteiger partial charge on any atom is -0.353 e. The minimum absolute atomic E-state index is 0.212. The van der Waals surface area contributed by atoms with E-state index in [0.29, 0.717) is 12.0 Å². The van der Waals surface area contributed by atoms with Crippen LogP contribution in [0.1, 0.15) is 59.8 Å². The molecule has 15 heavy (non-hydrogen) atoms. The van der Waals surface area contributed by atoms with Crippen molar-refractivity contribution in [2.75, 3.05) is 0 Å². The molecule has 88 valence electrons. The van der Waals surface area contributed by atoms with Crippen molar-refractivity contribution < 1.29 is 4.79 Å². The lowest BCUT2D eigenvalue weighted by molar-refractivity contribution is -0.130. The van der Waals surface area contributed by atoms with Gasteiger partial charge in [0.15, 0.2) is 0 Å². The van der Waals surface area contributed by atoms with Crippen LogP contribution in [0.2, 0.25) is 0 Å². The molecule has 0 heterocycles. The number of hydrogen-bond donors (Lipinski definition) is 1. The van der Waals surface area contributed by atoms with E-state index < -0.39 is 0 Å². The van der Waals surface area contributed by atoms with Crippen molar-refractivity contribution in [3.05, 3.63) is 0 Å². The van der Waals surface area contributed by atoms with Crippen molar-refractivity contribution in [1.29, 1.82) is 0 Å². The maximum absolute atomic E-state index is 12.0. The van der Waals surface area contributed by atoms with E-state index in [4.69, 9.17) is 0 Å². The summed E-state index contributed by atoms with van der Waals surface area (Å²) in [5.41, 5.74) is -0.215. The molecule has 1 amide bonds. The van der Waals surface area contributed by atoms with Crippen molar-refractivity contribution in [3.8, 4) is 0 Å². The molecule has 1 aliphatic rings. The molecule has 0 aromatic carbocycles. The smallest absolute Gasteiger partial charge is 0.225 e. The largest absolute Gasteiger partial charge is 0.353 e. The summed E-state index contributed by atoms with van der Waals surface area (Å²) >= 11 is 0. The Morgan fingerprint density at radius 2 is 1.93 bits per heavy atom. The van der Waals surface area contributed by atoms with Crippen molar-refractivity contribution in [1.82, 2.24) is 5.32 Å². The van der Waals surface area contributed by atoms with Crippen LogP contribution in [0, 0.1) is 11.3 Å². The van der Waals surface area contributed by atoms with E-state index in [1.807, 2.05) is 13.8 Å². The first-order chi connectivity index (χ1) is 6.97. The molecule has 0 aliphatic heterocycles. The summed E-state index contributed by atoms with van der Waals surface area (Å²) in [5.74, 6) is 0.922. The predicted molar refractivity (Wildman–Crippen MR) is 63.6 cm³/mol. The zero-order chi connectivity index (χ0) is 11.5. The molecule has 0 radical (unpaired) electrons. The van der Waals surface area contributed by atoms with Gasteiger partial charge in [0, 0.05) is 11.5 Å². The molecular formula is C13H25NO. The van der Waals surface area contributed by atoms with Crippen molar-refractivity contribution >= 4 is 5.91 Å². The summed E-state index contributed by atoms with van der Waals surface area (Å²) in [5, 5.41) is 3.17. The van der Waals surface area contributed by atoms with Gasteiger partial charge < -0.3 is 5.32 Å². The number of amides is 1. The van der Waals surface area contributed by atoms with Crippen molar-refractivity contribution in [3.63, 3.8) is 0 Å². The fourth-order valence-corrected chi connectivity index (χ4v) is 2.14. The third-order valence-corrected chi connectivity index (χ3v) is 3.96. The Morgan fingerprint density at radius 1 is 1.40 bits per heavy atom. The molecule has 2 nitrogen and oxygen atoms in total. The lowest BCUT2D eigenvalue weighted by Gasteiger charge is -2.27. The summed E-state index contributed by atoms with van der Waals surface area (Å²) in [6.07, 6.45) is 6.14. The second-order valence-corrected chi connectivity index (χ2v) is 5.54. The molecule has 1 fully saturated rings. The fraction of sp³-hybridized carbons (Fsp3) is 0.923. The molecule has 1 N–H and O–H groups in total. The van der Waals surface area contributed by atoms with Crippen LogP contribution in [-0.4, -0.2) is 11.9 Å². The third-order valence-electron chi connectivity index (χ3n) is 3.96. The monoisotopic (exact) mass is 211 g/mol. The second kappa shape index (κ2) is 5.00. The molecule has 1 atom stereocenters. The van der Waals surface area contributed by atoms with Crippen LogP contribution in [0.5, 0.6) is 0 Å². The van der Waals surface area contributed by atoms with Gasteiger partial charge in [-0.25, -0.2) is 0 Å². The maximum Gasteiger partial charge on any atom is 0.225 e. The molecule has 2 heteroatoms. The maximum atomic E-state index is 12.0. The second-order valence-electron chi connectivity index (χ2n) is 5.54. The van der Waals surface area contributed by atoms with E-state index in [1.54, 1.807) is 0 Å². The quantitative estimate of drug-likeness (QED) is 0.760. The van der Waals surface area contributed by atoms with Crippen molar-refractivity contribution in [2.45, 2.75) is 65.8 Å². The number of hydrogen-bond acceptors (Lipinski definition) is 1. The molecule has 1 saturated carbocycles. The Bertz CT molecular complexity index is 217. The summed E-state index contributed by atoms with van der Waals surface area (Å²) in [6, 6.07) is 0.353. The van der Waals surface area contributed by atoms with E-state index in [0.717, 1.165) is 6.42 Å². The summed E-state index contributed by atoms with van der Waals surface area (Å²) in [4.78, 5) is 12.0. The number of nitrogens with one attached hydrogen (secondary N) is 1. The summed E-state index contributed by atoms with van der Waals surface area (Å²) in [7, 11) is 0. The molecule has 0 spiro atoms. The van der Waals surface area contributed by atoms with E-state index in [1.165, 1.54) is 25.7 Å². The Labute approximate surface area is 93.8 Å². The Morgan fingerprint density at radius 3 is 2.40 bits per heavy atom. The molecule has 0 aromatic rings. The van der Waals surface area contributed by atoms with Crippen molar-refractivity contribution in [2.24, 2.45) is 11.3 Å². The van der Waals surface area contributed by atoms with Gasteiger partial charge in [-0.1, -0.05) is 33.6 Å². The number of carbonyl (C=O) groups excluding carboxylic acids is 1. The van der Waals surface area contributed by atoms with Gasteiger partial charge >= 0.3 is 0 Å². The van der Waals surface area contributed by atoms with Crippen LogP contribution in [0.15, 0.2) is 0 Å². The fourth-order valence-electron chi connectivity index (χ4n) is 2.14. The first-order valence-corrected chi connectivity index (χ1v) is 6.28. The third kappa shape index (κ3) is 3.22. The van der Waals surface area contributed by atoms with Gasteiger partial charge in [-0.05, 0) is 32.1 Å². The van der Waals surface area contributed by atoms with Gasteiger partial charge in [-0.15, -0.1) is 0 Å². The highest BCUT2D eigenvalue weighted by atomic mass is 16.2. The Kier molecular flexibility index (Phi) is 4.18. The van der Waals surface area contributed by atoms with Crippen LogP contribution in [0.25, 0.3) is 0 Å². The lowest BCUT2D eigenvalue weighted by Crippen LogP contribution is -2.44. The van der Waals surface area contributed by atoms with Crippen LogP contribution in [-0.2, 0) is 4.79 Å². The number of carbonyl (C=O) groups is 1. The van der Waals surface area contributed by atoms with Gasteiger partial charge in [0.1, 0.15) is 0 Å². The zero-order valence-electron chi connectivity index (χ0n) is 10.6. The predicted octanol–water partition coefficient (Wildman–Crippen LogP) is 3.12. The SMILES string of the molecule is CCC(C)(C)C(=O)N[C@@H](C)C1CCCC1. The van der Waals surface area contributed by atoms with Crippen LogP contribution >= 0.6 is 0 Å². The van der Waals surface area contributed by atoms with E-state index in [-0.39, 0.29) is 11.3 Å². The molecule has 0 aromatic heterocycles. The molecule has 0 unspecified atom stereocenters. The topological polar surface area (TPSA) is 29.1 Å². The first-order valence-electron chi connectivity index (χ1n) is 6.28. The Balaban J connectivity index is 2.43. The van der Waals surface area contributed by atoms with E-state index >= 15 is 0 Å². The number of rotatable bonds is 4. The Hall–Kier alpha value is -0.530. The zero-order valence-corrected chi connectivity index (χ0v) is 10.6. The van der Waals surface area contributed by atoms with Crippen LogP contribution < -0.4 is 5.32 Å². The normalized spacial score (nSPS) is 20.3. The van der Waals surface area contributed by atoms with Gasteiger partial charge in [0.2, 0.25) is 5.91 Å². The van der Waals surface area contributed by atoms with E-state index in [2.05, 4.69) is 19.2 Å².